The first-order valence-electron chi connectivity index (χ1n) is 8.05. The maximum absolute atomic E-state index is 12.9. The Morgan fingerprint density at radius 1 is 1.46 bits per heavy atom. The average molecular weight is 375 g/mol. The van der Waals surface area contributed by atoms with Crippen LogP contribution in [0.25, 0.3) is 0 Å². The molecule has 2 N–H and O–H groups in total. The summed E-state index contributed by atoms with van der Waals surface area (Å²) >= 11 is 6.10. The smallest absolute Gasteiger partial charge is 0.251 e. The minimum atomic E-state index is -3.73. The van der Waals surface area contributed by atoms with Gasteiger partial charge in [-0.1, -0.05) is 18.5 Å². The number of carbonyl (C=O) groups is 1. The molecule has 0 saturated carbocycles. The van der Waals surface area contributed by atoms with Gasteiger partial charge in [0.25, 0.3) is 5.91 Å². The highest BCUT2D eigenvalue weighted by Gasteiger charge is 2.30. The molecule has 0 bridgehead atoms. The Morgan fingerprint density at radius 3 is 2.88 bits per heavy atom. The first-order valence-corrected chi connectivity index (χ1v) is 9.87. The van der Waals surface area contributed by atoms with Crippen LogP contribution in [0.4, 0.5) is 0 Å². The van der Waals surface area contributed by atoms with Gasteiger partial charge in [0, 0.05) is 31.8 Å². The Kier molecular flexibility index (Phi) is 6.62. The van der Waals surface area contributed by atoms with Crippen LogP contribution in [0.5, 0.6) is 0 Å². The molecule has 6 nitrogen and oxygen atoms in total. The third kappa shape index (κ3) is 4.47. The third-order valence-electron chi connectivity index (χ3n) is 4.05. The van der Waals surface area contributed by atoms with E-state index in [1.165, 1.54) is 22.5 Å². The van der Waals surface area contributed by atoms with Crippen molar-refractivity contribution >= 4 is 27.5 Å². The summed E-state index contributed by atoms with van der Waals surface area (Å²) in [5.41, 5.74) is 0.237. The summed E-state index contributed by atoms with van der Waals surface area (Å²) < 4.78 is 27.2. The number of piperidine rings is 1. The normalized spacial score (nSPS) is 19.2. The van der Waals surface area contributed by atoms with Gasteiger partial charge in [0.05, 0.1) is 5.02 Å². The van der Waals surface area contributed by atoms with Crippen LogP contribution in [-0.2, 0) is 10.0 Å². The Bertz CT molecular complexity index is 693. The monoisotopic (exact) mass is 374 g/mol. The van der Waals surface area contributed by atoms with Crippen LogP contribution < -0.4 is 5.32 Å². The number of amides is 1. The number of benzene rings is 1. The molecule has 24 heavy (non-hydrogen) atoms. The van der Waals surface area contributed by atoms with Crippen LogP contribution in [-0.4, -0.2) is 50.0 Å². The van der Waals surface area contributed by atoms with Gasteiger partial charge in [-0.25, -0.2) is 8.42 Å². The summed E-state index contributed by atoms with van der Waals surface area (Å²) in [6, 6.07) is 4.25. The standard InChI is InChI=1S/C16H23ClN2O4S/c1-12-4-2-8-19(11-12)24(22,23)15-10-13(5-6-14(15)17)16(21)18-7-3-9-20/h5-6,10,12,20H,2-4,7-9,11H2,1H3,(H,18,21). The SMILES string of the molecule is CC1CCCN(S(=O)(=O)c2cc(C(=O)NCCCO)ccc2Cl)C1. The molecule has 1 saturated heterocycles. The fourth-order valence-electron chi connectivity index (χ4n) is 2.73. The highest BCUT2D eigenvalue weighted by molar-refractivity contribution is 7.89. The van der Waals surface area contributed by atoms with Crippen LogP contribution in [0, 0.1) is 5.92 Å². The van der Waals surface area contributed by atoms with Gasteiger partial charge in [-0.3, -0.25) is 4.79 Å². The lowest BCUT2D eigenvalue weighted by molar-refractivity contribution is 0.0951. The van der Waals surface area contributed by atoms with Crippen molar-refractivity contribution in [1.29, 1.82) is 0 Å². The lowest BCUT2D eigenvalue weighted by Gasteiger charge is -2.30. The van der Waals surface area contributed by atoms with E-state index in [-0.39, 0.29) is 28.0 Å². The van der Waals surface area contributed by atoms with Crippen LogP contribution in [0.3, 0.4) is 0 Å². The van der Waals surface area contributed by atoms with Gasteiger partial charge >= 0.3 is 0 Å². The van der Waals surface area contributed by atoms with E-state index in [0.717, 1.165) is 12.8 Å². The zero-order valence-corrected chi connectivity index (χ0v) is 15.2. The summed E-state index contributed by atoms with van der Waals surface area (Å²) in [7, 11) is -3.73. The van der Waals surface area contributed by atoms with Gasteiger partial charge in [-0.2, -0.15) is 4.31 Å². The highest BCUT2D eigenvalue weighted by Crippen LogP contribution is 2.29. The molecule has 0 radical (unpaired) electrons. The van der Waals surface area contributed by atoms with Crippen molar-refractivity contribution in [2.24, 2.45) is 5.92 Å². The molecule has 2 rings (SSSR count). The molecule has 134 valence electrons. The molecule has 1 atom stereocenters. The molecular formula is C16H23ClN2O4S. The van der Waals surface area contributed by atoms with Crippen molar-refractivity contribution < 1.29 is 18.3 Å². The largest absolute Gasteiger partial charge is 0.396 e. The predicted octanol–water partition coefficient (Wildman–Crippen LogP) is 1.87. The molecule has 8 heteroatoms. The second-order valence-corrected chi connectivity index (χ2v) is 8.40. The average Bonchev–Trinajstić information content (AvgIpc) is 2.55. The Hall–Kier alpha value is -1.15. The molecule has 0 spiro atoms. The summed E-state index contributed by atoms with van der Waals surface area (Å²) in [6.07, 6.45) is 2.27. The molecule has 1 heterocycles. The minimum absolute atomic E-state index is 0.0202. The number of hydrogen-bond acceptors (Lipinski definition) is 4. The molecule has 1 aromatic carbocycles. The van der Waals surface area contributed by atoms with Gasteiger partial charge in [-0.05, 0) is 43.4 Å². The minimum Gasteiger partial charge on any atom is -0.396 e. The lowest BCUT2D eigenvalue weighted by atomic mass is 10.0. The van der Waals surface area contributed by atoms with Crippen LogP contribution in [0.1, 0.15) is 36.5 Å². The lowest BCUT2D eigenvalue weighted by Crippen LogP contribution is -2.39. The molecule has 1 aliphatic rings. The number of nitrogens with one attached hydrogen (secondary N) is 1. The maximum Gasteiger partial charge on any atom is 0.251 e. The number of hydrogen-bond donors (Lipinski definition) is 2. The molecule has 1 unspecified atom stereocenters. The molecule has 1 fully saturated rings. The van der Waals surface area contributed by atoms with E-state index in [9.17, 15) is 13.2 Å². The van der Waals surface area contributed by atoms with Crippen molar-refractivity contribution in [2.75, 3.05) is 26.2 Å². The van der Waals surface area contributed by atoms with Gasteiger partial charge in [0.2, 0.25) is 10.0 Å². The Morgan fingerprint density at radius 2 is 2.21 bits per heavy atom. The summed E-state index contributed by atoms with van der Waals surface area (Å²) in [5.74, 6) is -0.0826. The number of aliphatic hydroxyl groups is 1. The fourth-order valence-corrected chi connectivity index (χ4v) is 4.83. The third-order valence-corrected chi connectivity index (χ3v) is 6.40. The molecule has 0 aliphatic carbocycles. The number of sulfonamides is 1. The summed E-state index contributed by atoms with van der Waals surface area (Å²) in [4.78, 5) is 12.1. The van der Waals surface area contributed by atoms with E-state index in [1.807, 2.05) is 6.92 Å². The van der Waals surface area contributed by atoms with Crippen molar-refractivity contribution in [3.05, 3.63) is 28.8 Å². The van der Waals surface area contributed by atoms with Gasteiger partial charge < -0.3 is 10.4 Å². The Balaban J connectivity index is 2.25. The number of rotatable bonds is 6. The zero-order chi connectivity index (χ0) is 17.7. The topological polar surface area (TPSA) is 86.7 Å². The molecule has 0 aromatic heterocycles. The number of carbonyl (C=O) groups excluding carboxylic acids is 1. The van der Waals surface area contributed by atoms with E-state index < -0.39 is 10.0 Å². The highest BCUT2D eigenvalue weighted by atomic mass is 35.5. The summed E-state index contributed by atoms with van der Waals surface area (Å²) in [6.45, 7) is 3.26. The first kappa shape index (κ1) is 19.2. The summed E-state index contributed by atoms with van der Waals surface area (Å²) in [5, 5.41) is 11.5. The van der Waals surface area contributed by atoms with Crippen molar-refractivity contribution in [3.63, 3.8) is 0 Å². The van der Waals surface area contributed by atoms with Crippen molar-refractivity contribution in [2.45, 2.75) is 31.1 Å². The molecule has 1 amide bonds. The molecule has 1 aromatic rings. The van der Waals surface area contributed by atoms with Crippen LogP contribution in [0.15, 0.2) is 23.1 Å². The van der Waals surface area contributed by atoms with Gasteiger partial charge in [-0.15, -0.1) is 0 Å². The van der Waals surface area contributed by atoms with E-state index in [2.05, 4.69) is 5.32 Å². The van der Waals surface area contributed by atoms with E-state index in [0.29, 0.717) is 32.0 Å². The Labute approximate surface area is 147 Å². The quantitative estimate of drug-likeness (QED) is 0.744. The number of aliphatic hydroxyl groups excluding tert-OH is 1. The van der Waals surface area contributed by atoms with Crippen molar-refractivity contribution in [1.82, 2.24) is 9.62 Å². The van der Waals surface area contributed by atoms with E-state index in [4.69, 9.17) is 16.7 Å². The van der Waals surface area contributed by atoms with Crippen molar-refractivity contribution in [3.8, 4) is 0 Å². The van der Waals surface area contributed by atoms with E-state index in [1.54, 1.807) is 0 Å². The van der Waals surface area contributed by atoms with Gasteiger partial charge in [0.15, 0.2) is 0 Å². The second kappa shape index (κ2) is 8.29. The first-order chi connectivity index (χ1) is 11.4. The van der Waals surface area contributed by atoms with Gasteiger partial charge in [0.1, 0.15) is 4.90 Å². The zero-order valence-electron chi connectivity index (χ0n) is 13.7. The predicted molar refractivity (Wildman–Crippen MR) is 92.6 cm³/mol. The number of halogens is 1. The number of nitrogens with zero attached hydrogens (tertiary/aromatic N) is 1. The van der Waals surface area contributed by atoms with Crippen LogP contribution in [0.2, 0.25) is 5.02 Å². The second-order valence-electron chi connectivity index (χ2n) is 6.09. The molecular weight excluding hydrogens is 352 g/mol. The molecule has 1 aliphatic heterocycles. The fraction of sp³-hybridized carbons (Fsp3) is 0.562. The maximum atomic E-state index is 12.9. The van der Waals surface area contributed by atoms with E-state index >= 15 is 0 Å². The van der Waals surface area contributed by atoms with Crippen LogP contribution >= 0.6 is 11.6 Å².